The monoisotopic (exact) mass is 200 g/mol. The lowest BCUT2D eigenvalue weighted by Gasteiger charge is -2.02. The Hall–Kier alpha value is -1.97. The molecule has 0 radical (unpaired) electrons. The molecule has 0 spiro atoms. The average Bonchev–Trinajstić information content (AvgIpc) is 2.30. The fraction of sp³-hybridized carbons (Fsp3) is 0.182. The van der Waals surface area contributed by atoms with Crippen LogP contribution in [0.1, 0.15) is 5.56 Å². The Bertz CT molecular complexity index is 450. The predicted octanol–water partition coefficient (Wildman–Crippen LogP) is 1.89. The van der Waals surface area contributed by atoms with Gasteiger partial charge >= 0.3 is 0 Å². The molecule has 15 heavy (non-hydrogen) atoms. The molecule has 2 aromatic rings. The van der Waals surface area contributed by atoms with E-state index in [1.807, 2.05) is 38.2 Å². The minimum atomic E-state index is 0.641. The Morgan fingerprint density at radius 3 is 2.53 bits per heavy atom. The third-order valence-corrected chi connectivity index (χ3v) is 2.12. The number of anilines is 1. The van der Waals surface area contributed by atoms with E-state index in [2.05, 4.69) is 20.5 Å². The Morgan fingerprint density at radius 2 is 1.87 bits per heavy atom. The number of rotatable bonds is 2. The molecule has 0 aliphatic rings. The predicted molar refractivity (Wildman–Crippen MR) is 59.5 cm³/mol. The number of aryl methyl sites for hydroxylation is 1. The van der Waals surface area contributed by atoms with Gasteiger partial charge in [-0.25, -0.2) is 4.98 Å². The molecule has 1 N–H and O–H groups in total. The van der Waals surface area contributed by atoms with Crippen molar-refractivity contribution in [1.29, 1.82) is 0 Å². The maximum Gasteiger partial charge on any atom is 0.183 e. The summed E-state index contributed by atoms with van der Waals surface area (Å²) < 4.78 is 0. The van der Waals surface area contributed by atoms with Gasteiger partial charge in [0.25, 0.3) is 0 Å². The number of nitrogens with zero attached hydrogens (tertiary/aromatic N) is 3. The highest BCUT2D eigenvalue weighted by Gasteiger charge is 2.01. The van der Waals surface area contributed by atoms with Crippen molar-refractivity contribution < 1.29 is 0 Å². The van der Waals surface area contributed by atoms with Crippen LogP contribution >= 0.6 is 0 Å². The maximum absolute atomic E-state index is 4.31. The number of aromatic nitrogens is 3. The molecule has 0 atom stereocenters. The van der Waals surface area contributed by atoms with Crippen LogP contribution in [0.2, 0.25) is 0 Å². The third kappa shape index (κ3) is 2.10. The molecule has 1 aromatic heterocycles. The molecule has 1 heterocycles. The highest BCUT2D eigenvalue weighted by Crippen LogP contribution is 2.15. The minimum Gasteiger partial charge on any atom is -0.372 e. The fourth-order valence-electron chi connectivity index (χ4n) is 1.25. The van der Waals surface area contributed by atoms with Gasteiger partial charge in [0, 0.05) is 12.6 Å². The van der Waals surface area contributed by atoms with Crippen molar-refractivity contribution in [2.75, 3.05) is 12.4 Å². The van der Waals surface area contributed by atoms with Crippen molar-refractivity contribution in [1.82, 2.24) is 15.2 Å². The molecule has 0 amide bonds. The van der Waals surface area contributed by atoms with E-state index in [4.69, 9.17) is 0 Å². The quantitative estimate of drug-likeness (QED) is 0.804. The summed E-state index contributed by atoms with van der Waals surface area (Å²) in [5.41, 5.74) is 2.20. The highest BCUT2D eigenvalue weighted by molar-refractivity contribution is 5.56. The molecular weight excluding hydrogens is 188 g/mol. The normalized spacial score (nSPS) is 10.0. The van der Waals surface area contributed by atoms with Gasteiger partial charge in [0.2, 0.25) is 0 Å². The molecule has 0 saturated carbocycles. The molecule has 0 unspecified atom stereocenters. The summed E-state index contributed by atoms with van der Waals surface area (Å²) in [6, 6.07) is 8.05. The number of benzene rings is 1. The standard InChI is InChI=1S/C11H12N4/c1-8-3-5-9(6-4-8)11-14-10(12-2)7-13-15-11/h3-7H,1-2H3,(H,12,14,15). The lowest BCUT2D eigenvalue weighted by Crippen LogP contribution is -1.98. The Kier molecular flexibility index (Phi) is 2.58. The summed E-state index contributed by atoms with van der Waals surface area (Å²) in [6.07, 6.45) is 1.59. The Balaban J connectivity index is 2.40. The molecule has 76 valence electrons. The number of hydrogen-bond acceptors (Lipinski definition) is 4. The first-order valence-electron chi connectivity index (χ1n) is 4.74. The average molecular weight is 200 g/mol. The van der Waals surface area contributed by atoms with Gasteiger partial charge in [-0.15, -0.1) is 5.10 Å². The van der Waals surface area contributed by atoms with E-state index in [1.165, 1.54) is 5.56 Å². The van der Waals surface area contributed by atoms with Gasteiger partial charge in [0.05, 0.1) is 6.20 Å². The van der Waals surface area contributed by atoms with E-state index in [0.29, 0.717) is 5.82 Å². The van der Waals surface area contributed by atoms with Crippen molar-refractivity contribution in [2.45, 2.75) is 6.92 Å². The largest absolute Gasteiger partial charge is 0.372 e. The minimum absolute atomic E-state index is 0.641. The zero-order chi connectivity index (χ0) is 10.7. The molecular formula is C11H12N4. The smallest absolute Gasteiger partial charge is 0.183 e. The first-order valence-corrected chi connectivity index (χ1v) is 4.74. The van der Waals surface area contributed by atoms with E-state index >= 15 is 0 Å². The molecule has 1 aromatic carbocycles. The van der Waals surface area contributed by atoms with E-state index in [-0.39, 0.29) is 0 Å². The first kappa shape index (κ1) is 9.58. The van der Waals surface area contributed by atoms with E-state index in [0.717, 1.165) is 11.4 Å². The van der Waals surface area contributed by atoms with Crippen molar-refractivity contribution in [3.8, 4) is 11.4 Å². The fourth-order valence-corrected chi connectivity index (χ4v) is 1.25. The molecule has 0 aliphatic carbocycles. The van der Waals surface area contributed by atoms with Crippen LogP contribution in [0.4, 0.5) is 5.82 Å². The van der Waals surface area contributed by atoms with Crippen LogP contribution in [-0.2, 0) is 0 Å². The van der Waals surface area contributed by atoms with Crippen LogP contribution in [0.25, 0.3) is 11.4 Å². The summed E-state index contributed by atoms with van der Waals surface area (Å²) in [5.74, 6) is 1.36. The van der Waals surface area contributed by atoms with Crippen LogP contribution in [0.5, 0.6) is 0 Å². The second-order valence-electron chi connectivity index (χ2n) is 3.28. The van der Waals surface area contributed by atoms with Gasteiger partial charge in [0.1, 0.15) is 5.82 Å². The molecule has 4 heteroatoms. The highest BCUT2D eigenvalue weighted by atomic mass is 15.2. The van der Waals surface area contributed by atoms with Crippen LogP contribution in [0.15, 0.2) is 30.5 Å². The topological polar surface area (TPSA) is 50.7 Å². The van der Waals surface area contributed by atoms with Gasteiger partial charge in [0.15, 0.2) is 5.82 Å². The number of hydrogen-bond donors (Lipinski definition) is 1. The summed E-state index contributed by atoms with van der Waals surface area (Å²) in [6.45, 7) is 2.05. The van der Waals surface area contributed by atoms with Crippen LogP contribution in [0, 0.1) is 6.92 Å². The molecule has 2 rings (SSSR count). The first-order chi connectivity index (χ1) is 7.29. The molecule has 0 aliphatic heterocycles. The van der Waals surface area contributed by atoms with Gasteiger partial charge in [-0.2, -0.15) is 5.10 Å². The zero-order valence-electron chi connectivity index (χ0n) is 8.73. The lowest BCUT2D eigenvalue weighted by molar-refractivity contribution is 0.981. The second kappa shape index (κ2) is 4.04. The van der Waals surface area contributed by atoms with Gasteiger partial charge in [-0.05, 0) is 6.92 Å². The molecule has 0 saturated heterocycles. The molecule has 0 bridgehead atoms. The summed E-state index contributed by atoms with van der Waals surface area (Å²) in [4.78, 5) is 4.31. The van der Waals surface area contributed by atoms with Crippen LogP contribution < -0.4 is 5.32 Å². The van der Waals surface area contributed by atoms with Gasteiger partial charge < -0.3 is 5.32 Å². The van der Waals surface area contributed by atoms with Crippen LogP contribution in [0.3, 0.4) is 0 Å². The van der Waals surface area contributed by atoms with Crippen molar-refractivity contribution in [3.05, 3.63) is 36.0 Å². The van der Waals surface area contributed by atoms with Crippen molar-refractivity contribution >= 4 is 5.82 Å². The zero-order valence-corrected chi connectivity index (χ0v) is 8.73. The molecule has 0 fully saturated rings. The Labute approximate surface area is 88.4 Å². The summed E-state index contributed by atoms with van der Waals surface area (Å²) in [5, 5.41) is 10.8. The van der Waals surface area contributed by atoms with E-state index in [9.17, 15) is 0 Å². The van der Waals surface area contributed by atoms with E-state index in [1.54, 1.807) is 6.20 Å². The number of nitrogens with one attached hydrogen (secondary N) is 1. The van der Waals surface area contributed by atoms with Gasteiger partial charge in [-0.3, -0.25) is 0 Å². The lowest BCUT2D eigenvalue weighted by atomic mass is 10.1. The molecule has 4 nitrogen and oxygen atoms in total. The van der Waals surface area contributed by atoms with Crippen LogP contribution in [-0.4, -0.2) is 22.2 Å². The second-order valence-corrected chi connectivity index (χ2v) is 3.28. The summed E-state index contributed by atoms with van der Waals surface area (Å²) in [7, 11) is 1.81. The van der Waals surface area contributed by atoms with E-state index < -0.39 is 0 Å². The van der Waals surface area contributed by atoms with Crippen molar-refractivity contribution in [2.24, 2.45) is 0 Å². The van der Waals surface area contributed by atoms with Gasteiger partial charge in [-0.1, -0.05) is 29.8 Å². The third-order valence-electron chi connectivity index (χ3n) is 2.12. The summed E-state index contributed by atoms with van der Waals surface area (Å²) >= 11 is 0. The SMILES string of the molecule is CNc1cnnc(-c2ccc(C)cc2)n1. The Morgan fingerprint density at radius 1 is 1.13 bits per heavy atom. The maximum atomic E-state index is 4.31. The van der Waals surface area contributed by atoms with Crippen molar-refractivity contribution in [3.63, 3.8) is 0 Å².